The van der Waals surface area contributed by atoms with E-state index in [2.05, 4.69) is 0 Å². The van der Waals surface area contributed by atoms with E-state index in [1.807, 2.05) is 0 Å². The highest BCUT2D eigenvalue weighted by atomic mass is 16.4. The zero-order valence-electron chi connectivity index (χ0n) is 8.12. The summed E-state index contributed by atoms with van der Waals surface area (Å²) in [6, 6.07) is 0. The molecule has 0 radical (unpaired) electrons. The number of carboxylic acids is 1. The topological polar surface area (TPSA) is 74.3 Å². The molecule has 4 nitrogen and oxygen atoms in total. The second-order valence-electron chi connectivity index (χ2n) is 3.60. The van der Waals surface area contributed by atoms with E-state index in [1.165, 1.54) is 0 Å². The Bertz CT molecular complexity index is 253. The van der Waals surface area contributed by atoms with E-state index >= 15 is 0 Å². The van der Waals surface area contributed by atoms with Gasteiger partial charge in [-0.2, -0.15) is 0 Å². The van der Waals surface area contributed by atoms with Gasteiger partial charge in [0.25, 0.3) is 0 Å². The average Bonchev–Trinajstić information content (AvgIpc) is 2.10. The maximum atomic E-state index is 11.4. The lowest BCUT2D eigenvalue weighted by atomic mass is 9.77. The predicted molar refractivity (Wildman–Crippen MR) is 46.1 cm³/mol. The molecule has 0 aromatic heterocycles. The van der Waals surface area contributed by atoms with Crippen LogP contribution in [0.3, 0.4) is 0 Å². The number of ketones is 2. The van der Waals surface area contributed by atoms with Crippen LogP contribution in [0.15, 0.2) is 0 Å². The van der Waals surface area contributed by atoms with E-state index < -0.39 is 17.8 Å². The molecule has 1 saturated carbocycles. The second-order valence-corrected chi connectivity index (χ2v) is 3.60. The van der Waals surface area contributed by atoms with E-state index in [-0.39, 0.29) is 18.0 Å². The molecule has 4 heteroatoms. The Kier molecular flexibility index (Phi) is 3.38. The normalized spacial score (nSPS) is 20.9. The molecule has 0 spiro atoms. The van der Waals surface area contributed by atoms with Crippen LogP contribution < -0.4 is 5.11 Å². The molecule has 0 aromatic carbocycles. The Morgan fingerprint density at radius 1 is 1.43 bits per heavy atom. The summed E-state index contributed by atoms with van der Waals surface area (Å²) in [6.45, 7) is 1.65. The minimum absolute atomic E-state index is 0.239. The Labute approximate surface area is 82.3 Å². The first-order chi connectivity index (χ1) is 6.57. The van der Waals surface area contributed by atoms with Gasteiger partial charge in [0.15, 0.2) is 0 Å². The highest BCUT2D eigenvalue weighted by Gasteiger charge is 2.36. The van der Waals surface area contributed by atoms with Crippen molar-refractivity contribution in [3.05, 3.63) is 0 Å². The van der Waals surface area contributed by atoms with Crippen molar-refractivity contribution in [1.29, 1.82) is 0 Å². The van der Waals surface area contributed by atoms with Crippen molar-refractivity contribution in [2.45, 2.75) is 32.6 Å². The SMILES string of the molecule is CCC(C(=O)[O-])C1C(=O)CCCC1=O. The molecule has 78 valence electrons. The smallest absolute Gasteiger partial charge is 0.144 e. The lowest BCUT2D eigenvalue weighted by molar-refractivity contribution is -0.313. The lowest BCUT2D eigenvalue weighted by Gasteiger charge is -2.27. The van der Waals surface area contributed by atoms with Crippen LogP contribution in [0.1, 0.15) is 32.6 Å². The maximum Gasteiger partial charge on any atom is 0.144 e. The number of Topliss-reactive ketones (excluding diaryl/α,β-unsaturated/α-hetero) is 2. The van der Waals surface area contributed by atoms with Crippen molar-refractivity contribution < 1.29 is 19.5 Å². The highest BCUT2D eigenvalue weighted by molar-refractivity contribution is 6.06. The van der Waals surface area contributed by atoms with Gasteiger partial charge in [-0.3, -0.25) is 9.59 Å². The van der Waals surface area contributed by atoms with E-state index in [0.29, 0.717) is 19.3 Å². The summed E-state index contributed by atoms with van der Waals surface area (Å²) in [5, 5.41) is 10.7. The van der Waals surface area contributed by atoms with E-state index in [1.54, 1.807) is 6.92 Å². The zero-order chi connectivity index (χ0) is 10.7. The standard InChI is InChI=1S/C10H14O4/c1-2-6(10(13)14)9-7(11)4-3-5-8(9)12/h6,9H,2-5H2,1H3,(H,13,14)/p-1. The summed E-state index contributed by atoms with van der Waals surface area (Å²) >= 11 is 0. The molecule has 1 aliphatic carbocycles. The first kappa shape index (κ1) is 10.9. The van der Waals surface area contributed by atoms with E-state index in [9.17, 15) is 19.5 Å². The van der Waals surface area contributed by atoms with Crippen LogP contribution in [0.4, 0.5) is 0 Å². The highest BCUT2D eigenvalue weighted by Crippen LogP contribution is 2.26. The van der Waals surface area contributed by atoms with Crippen molar-refractivity contribution in [3.63, 3.8) is 0 Å². The molecule has 1 aliphatic rings. The molecule has 1 fully saturated rings. The summed E-state index contributed by atoms with van der Waals surface area (Å²) in [5.74, 6) is -3.65. The summed E-state index contributed by atoms with van der Waals surface area (Å²) in [4.78, 5) is 33.5. The Morgan fingerprint density at radius 3 is 2.29 bits per heavy atom. The molecule has 0 heterocycles. The number of hydrogen-bond donors (Lipinski definition) is 0. The minimum Gasteiger partial charge on any atom is -0.550 e. The van der Waals surface area contributed by atoms with Crippen molar-refractivity contribution in [2.24, 2.45) is 11.8 Å². The molecule has 0 amide bonds. The van der Waals surface area contributed by atoms with Gasteiger partial charge in [-0.1, -0.05) is 6.92 Å². The van der Waals surface area contributed by atoms with Crippen LogP contribution in [0.5, 0.6) is 0 Å². The third kappa shape index (κ3) is 2.00. The lowest BCUT2D eigenvalue weighted by Crippen LogP contribution is -2.43. The molecule has 0 aromatic rings. The van der Waals surface area contributed by atoms with Crippen LogP contribution in [-0.2, 0) is 14.4 Å². The van der Waals surface area contributed by atoms with Crippen LogP contribution in [0.25, 0.3) is 0 Å². The fraction of sp³-hybridized carbons (Fsp3) is 0.700. The average molecular weight is 197 g/mol. The van der Waals surface area contributed by atoms with Crippen molar-refractivity contribution in [1.82, 2.24) is 0 Å². The van der Waals surface area contributed by atoms with Crippen LogP contribution in [0, 0.1) is 11.8 Å². The van der Waals surface area contributed by atoms with Crippen molar-refractivity contribution in [2.75, 3.05) is 0 Å². The van der Waals surface area contributed by atoms with Crippen molar-refractivity contribution in [3.8, 4) is 0 Å². The van der Waals surface area contributed by atoms with E-state index in [4.69, 9.17) is 0 Å². The first-order valence-corrected chi connectivity index (χ1v) is 4.84. The van der Waals surface area contributed by atoms with Gasteiger partial charge in [-0.25, -0.2) is 0 Å². The molecule has 1 atom stereocenters. The number of carboxylic acid groups (broad SMARTS) is 1. The third-order valence-corrected chi connectivity index (χ3v) is 2.69. The maximum absolute atomic E-state index is 11.4. The van der Waals surface area contributed by atoms with Gasteiger partial charge in [-0.15, -0.1) is 0 Å². The van der Waals surface area contributed by atoms with Crippen LogP contribution >= 0.6 is 0 Å². The molecular formula is C10H13O4-. The second kappa shape index (κ2) is 4.35. The van der Waals surface area contributed by atoms with E-state index in [0.717, 1.165) is 0 Å². The van der Waals surface area contributed by atoms with Gasteiger partial charge < -0.3 is 9.90 Å². The number of aliphatic carboxylic acids is 1. The number of carbonyl (C=O) groups is 3. The van der Waals surface area contributed by atoms with Gasteiger partial charge in [0, 0.05) is 24.7 Å². The van der Waals surface area contributed by atoms with Gasteiger partial charge in [0.2, 0.25) is 0 Å². The first-order valence-electron chi connectivity index (χ1n) is 4.84. The molecule has 14 heavy (non-hydrogen) atoms. The Morgan fingerprint density at radius 2 is 1.93 bits per heavy atom. The monoisotopic (exact) mass is 197 g/mol. The summed E-state index contributed by atoms with van der Waals surface area (Å²) in [6.07, 6.45) is 1.46. The third-order valence-electron chi connectivity index (χ3n) is 2.69. The van der Waals surface area contributed by atoms with Crippen molar-refractivity contribution >= 4 is 17.5 Å². The van der Waals surface area contributed by atoms with Gasteiger partial charge in [-0.05, 0) is 12.8 Å². The minimum atomic E-state index is -1.29. The predicted octanol–water partition coefficient (Wildman–Crippen LogP) is -0.299. The summed E-state index contributed by atoms with van der Waals surface area (Å²) in [7, 11) is 0. The summed E-state index contributed by atoms with van der Waals surface area (Å²) in [5.41, 5.74) is 0. The zero-order valence-corrected chi connectivity index (χ0v) is 8.12. The molecular weight excluding hydrogens is 184 g/mol. The number of rotatable bonds is 3. The molecule has 0 N–H and O–H groups in total. The quantitative estimate of drug-likeness (QED) is 0.582. The summed E-state index contributed by atoms with van der Waals surface area (Å²) < 4.78 is 0. The number of hydrogen-bond acceptors (Lipinski definition) is 4. The van der Waals surface area contributed by atoms with Gasteiger partial charge in [0.1, 0.15) is 11.6 Å². The number of carbonyl (C=O) groups excluding carboxylic acids is 3. The molecule has 0 saturated heterocycles. The van der Waals surface area contributed by atoms with Gasteiger partial charge >= 0.3 is 0 Å². The Hall–Kier alpha value is -1.19. The fourth-order valence-electron chi connectivity index (χ4n) is 1.91. The van der Waals surface area contributed by atoms with Crippen LogP contribution in [0.2, 0.25) is 0 Å². The largest absolute Gasteiger partial charge is 0.550 e. The Balaban J connectivity index is 2.85. The fourth-order valence-corrected chi connectivity index (χ4v) is 1.91. The molecule has 1 rings (SSSR count). The molecule has 0 bridgehead atoms. The van der Waals surface area contributed by atoms with Gasteiger partial charge in [0.05, 0.1) is 5.92 Å². The van der Waals surface area contributed by atoms with Crippen LogP contribution in [-0.4, -0.2) is 17.5 Å². The molecule has 0 aliphatic heterocycles. The molecule has 1 unspecified atom stereocenters.